The Bertz CT molecular complexity index is 348. The van der Waals surface area contributed by atoms with Crippen LogP contribution in [0.5, 0.6) is 0 Å². The quantitative estimate of drug-likeness (QED) is 0.896. The third kappa shape index (κ3) is 4.03. The molecule has 1 fully saturated rings. The largest absolute Gasteiger partial charge is 0.306 e. The SMILES string of the molecule is CC(C)(C)NCc1nnc(C2CCCCC2)s1. The highest BCUT2D eigenvalue weighted by molar-refractivity contribution is 7.11. The first-order valence-electron chi connectivity index (χ1n) is 6.62. The van der Waals surface area contributed by atoms with E-state index in [2.05, 4.69) is 36.3 Å². The second kappa shape index (κ2) is 5.44. The van der Waals surface area contributed by atoms with Gasteiger partial charge in [-0.1, -0.05) is 30.6 Å². The van der Waals surface area contributed by atoms with E-state index >= 15 is 0 Å². The molecular weight excluding hydrogens is 230 g/mol. The maximum absolute atomic E-state index is 4.37. The van der Waals surface area contributed by atoms with Gasteiger partial charge in [-0.05, 0) is 33.6 Å². The van der Waals surface area contributed by atoms with E-state index in [-0.39, 0.29) is 5.54 Å². The smallest absolute Gasteiger partial charge is 0.131 e. The van der Waals surface area contributed by atoms with Crippen LogP contribution >= 0.6 is 11.3 Å². The van der Waals surface area contributed by atoms with Gasteiger partial charge in [0.25, 0.3) is 0 Å². The van der Waals surface area contributed by atoms with Crippen LogP contribution in [0.2, 0.25) is 0 Å². The summed E-state index contributed by atoms with van der Waals surface area (Å²) in [6.45, 7) is 7.37. The standard InChI is InChI=1S/C13H23N3S/c1-13(2,3)14-9-11-15-16-12(17-11)10-7-5-4-6-8-10/h10,14H,4-9H2,1-3H3. The Kier molecular flexibility index (Phi) is 4.15. The maximum Gasteiger partial charge on any atom is 0.131 e. The lowest BCUT2D eigenvalue weighted by atomic mass is 9.90. The van der Waals surface area contributed by atoms with Gasteiger partial charge in [0.15, 0.2) is 0 Å². The molecule has 0 unspecified atom stereocenters. The summed E-state index contributed by atoms with van der Waals surface area (Å²) in [7, 11) is 0. The molecule has 1 N–H and O–H groups in total. The normalized spacial score (nSPS) is 18.5. The molecule has 1 aliphatic rings. The van der Waals surface area contributed by atoms with Crippen LogP contribution in [0, 0.1) is 0 Å². The molecule has 3 nitrogen and oxygen atoms in total. The van der Waals surface area contributed by atoms with Gasteiger partial charge in [0.1, 0.15) is 10.0 Å². The van der Waals surface area contributed by atoms with Crippen LogP contribution in [0.4, 0.5) is 0 Å². The van der Waals surface area contributed by atoms with Crippen LogP contribution in [0.15, 0.2) is 0 Å². The molecule has 2 rings (SSSR count). The van der Waals surface area contributed by atoms with Crippen LogP contribution in [0.25, 0.3) is 0 Å². The van der Waals surface area contributed by atoms with Crippen molar-refractivity contribution in [3.8, 4) is 0 Å². The zero-order valence-electron chi connectivity index (χ0n) is 11.1. The molecule has 0 aromatic carbocycles. The molecule has 96 valence electrons. The summed E-state index contributed by atoms with van der Waals surface area (Å²) < 4.78 is 0. The molecule has 1 aromatic rings. The number of rotatable bonds is 3. The van der Waals surface area contributed by atoms with Gasteiger partial charge in [0.2, 0.25) is 0 Å². The van der Waals surface area contributed by atoms with Crippen molar-refractivity contribution in [2.24, 2.45) is 0 Å². The number of nitrogens with zero attached hydrogens (tertiary/aromatic N) is 2. The van der Waals surface area contributed by atoms with Crippen molar-refractivity contribution in [2.75, 3.05) is 0 Å². The van der Waals surface area contributed by atoms with Crippen molar-refractivity contribution in [3.05, 3.63) is 10.0 Å². The molecule has 4 heteroatoms. The lowest BCUT2D eigenvalue weighted by Gasteiger charge is -2.19. The van der Waals surface area contributed by atoms with E-state index in [4.69, 9.17) is 0 Å². The molecule has 0 aliphatic heterocycles. The first-order chi connectivity index (χ1) is 8.04. The fourth-order valence-corrected chi connectivity index (χ4v) is 3.14. The highest BCUT2D eigenvalue weighted by Gasteiger charge is 2.20. The molecule has 0 amide bonds. The van der Waals surface area contributed by atoms with E-state index in [0.29, 0.717) is 5.92 Å². The van der Waals surface area contributed by atoms with Crippen molar-refractivity contribution >= 4 is 11.3 Å². The highest BCUT2D eigenvalue weighted by Crippen LogP contribution is 2.33. The molecule has 1 heterocycles. The van der Waals surface area contributed by atoms with E-state index in [1.165, 1.54) is 37.1 Å². The highest BCUT2D eigenvalue weighted by atomic mass is 32.1. The van der Waals surface area contributed by atoms with E-state index < -0.39 is 0 Å². The minimum Gasteiger partial charge on any atom is -0.306 e. The van der Waals surface area contributed by atoms with Gasteiger partial charge in [0.05, 0.1) is 6.54 Å². The van der Waals surface area contributed by atoms with Gasteiger partial charge in [-0.2, -0.15) is 0 Å². The summed E-state index contributed by atoms with van der Waals surface area (Å²) in [5, 5.41) is 14.5. The fraction of sp³-hybridized carbons (Fsp3) is 0.846. The number of nitrogens with one attached hydrogen (secondary N) is 1. The van der Waals surface area contributed by atoms with E-state index in [0.717, 1.165) is 11.6 Å². The van der Waals surface area contributed by atoms with Crippen LogP contribution in [0.3, 0.4) is 0 Å². The summed E-state index contributed by atoms with van der Waals surface area (Å²) >= 11 is 1.80. The number of hydrogen-bond donors (Lipinski definition) is 1. The van der Waals surface area contributed by atoms with Crippen molar-refractivity contribution < 1.29 is 0 Å². The van der Waals surface area contributed by atoms with Crippen molar-refractivity contribution in [3.63, 3.8) is 0 Å². The third-order valence-corrected chi connectivity index (χ3v) is 4.29. The van der Waals surface area contributed by atoms with Crippen LogP contribution in [-0.2, 0) is 6.54 Å². The van der Waals surface area contributed by atoms with E-state index in [1.807, 2.05) is 0 Å². The lowest BCUT2D eigenvalue weighted by Crippen LogP contribution is -2.35. The average Bonchev–Trinajstić information content (AvgIpc) is 2.75. The number of hydrogen-bond acceptors (Lipinski definition) is 4. The molecule has 0 saturated heterocycles. The molecule has 0 radical (unpaired) electrons. The Morgan fingerprint density at radius 2 is 1.88 bits per heavy atom. The Balaban J connectivity index is 1.91. The van der Waals surface area contributed by atoms with Crippen LogP contribution in [0.1, 0.15) is 68.8 Å². The molecule has 17 heavy (non-hydrogen) atoms. The predicted octanol–water partition coefficient (Wildman–Crippen LogP) is 3.47. The van der Waals surface area contributed by atoms with E-state index in [9.17, 15) is 0 Å². The van der Waals surface area contributed by atoms with Crippen molar-refractivity contribution in [2.45, 2.75) is 70.9 Å². The monoisotopic (exact) mass is 253 g/mol. The van der Waals surface area contributed by atoms with Crippen LogP contribution < -0.4 is 5.32 Å². The molecule has 0 spiro atoms. The maximum atomic E-state index is 4.37. The van der Waals surface area contributed by atoms with E-state index in [1.54, 1.807) is 11.3 Å². The second-order valence-corrected chi connectivity index (χ2v) is 7.07. The fourth-order valence-electron chi connectivity index (χ4n) is 2.19. The average molecular weight is 253 g/mol. The number of aromatic nitrogens is 2. The molecule has 1 aromatic heterocycles. The molecule has 1 aliphatic carbocycles. The van der Waals surface area contributed by atoms with Gasteiger partial charge < -0.3 is 5.32 Å². The minimum absolute atomic E-state index is 0.149. The third-order valence-electron chi connectivity index (χ3n) is 3.21. The zero-order chi connectivity index (χ0) is 12.3. The van der Waals surface area contributed by atoms with Gasteiger partial charge in [0, 0.05) is 11.5 Å². The van der Waals surface area contributed by atoms with Gasteiger partial charge in [-0.15, -0.1) is 10.2 Å². The Labute approximate surface area is 108 Å². The topological polar surface area (TPSA) is 37.8 Å². The molecule has 1 saturated carbocycles. The summed E-state index contributed by atoms with van der Waals surface area (Å²) in [5.74, 6) is 0.685. The second-order valence-electron chi connectivity index (χ2n) is 5.97. The lowest BCUT2D eigenvalue weighted by molar-refractivity contribution is 0.422. The Morgan fingerprint density at radius 3 is 2.53 bits per heavy atom. The van der Waals surface area contributed by atoms with Gasteiger partial charge in [-0.25, -0.2) is 0 Å². The van der Waals surface area contributed by atoms with Gasteiger partial charge >= 0.3 is 0 Å². The zero-order valence-corrected chi connectivity index (χ0v) is 11.9. The summed E-state index contributed by atoms with van der Waals surface area (Å²) in [6, 6.07) is 0. The summed E-state index contributed by atoms with van der Waals surface area (Å²) in [6.07, 6.45) is 6.73. The minimum atomic E-state index is 0.149. The molecule has 0 bridgehead atoms. The summed E-state index contributed by atoms with van der Waals surface area (Å²) in [5.41, 5.74) is 0.149. The van der Waals surface area contributed by atoms with Crippen LogP contribution in [-0.4, -0.2) is 15.7 Å². The first-order valence-corrected chi connectivity index (χ1v) is 7.43. The Morgan fingerprint density at radius 1 is 1.18 bits per heavy atom. The van der Waals surface area contributed by atoms with Crippen molar-refractivity contribution in [1.29, 1.82) is 0 Å². The Hall–Kier alpha value is -0.480. The molecule has 0 atom stereocenters. The van der Waals surface area contributed by atoms with Gasteiger partial charge in [-0.3, -0.25) is 0 Å². The predicted molar refractivity (Wildman–Crippen MR) is 72.3 cm³/mol. The van der Waals surface area contributed by atoms with Crippen molar-refractivity contribution in [1.82, 2.24) is 15.5 Å². The summed E-state index contributed by atoms with van der Waals surface area (Å²) in [4.78, 5) is 0. The first kappa shape index (κ1) is 13.0. The molecular formula is C13H23N3S.